The van der Waals surface area contributed by atoms with E-state index >= 15 is 0 Å². The van der Waals surface area contributed by atoms with E-state index in [-0.39, 0.29) is 62.0 Å². The van der Waals surface area contributed by atoms with E-state index in [0.29, 0.717) is 0 Å². The Morgan fingerprint density at radius 3 is 0.255 bits per heavy atom. The zero-order valence-corrected chi connectivity index (χ0v) is 34.5. The van der Waals surface area contributed by atoms with Gasteiger partial charge >= 0.3 is 137 Å². The summed E-state index contributed by atoms with van der Waals surface area (Å²) < 4.78 is 111. The monoisotopic (exact) mass is 938 g/mol. The molecule has 0 aromatic carbocycles. The summed E-state index contributed by atoms with van der Waals surface area (Å²) in [6, 6.07) is 0. The summed E-state index contributed by atoms with van der Waals surface area (Å²) in [5.41, 5.74) is 0. The van der Waals surface area contributed by atoms with Crippen LogP contribution >= 0.6 is 78.2 Å². The van der Waals surface area contributed by atoms with Crippen molar-refractivity contribution in [2.45, 2.75) is 0 Å². The van der Waals surface area contributed by atoms with Crippen molar-refractivity contribution in [2.75, 3.05) is 0 Å². The van der Waals surface area contributed by atoms with Gasteiger partial charge in [-0.15, -0.1) is 0 Å². The molecule has 0 aliphatic heterocycles. The summed E-state index contributed by atoms with van der Waals surface area (Å²) in [4.78, 5) is 155. The second kappa shape index (κ2) is 24.7. The molecule has 0 spiro atoms. The van der Waals surface area contributed by atoms with E-state index in [1.165, 1.54) is 0 Å². The van der Waals surface area contributed by atoms with Crippen LogP contribution in [0.4, 0.5) is 0 Å². The summed E-state index contributed by atoms with van der Waals surface area (Å²) in [5, 5.41) is 0. The molecule has 35 nitrogen and oxygen atoms in total. The van der Waals surface area contributed by atoms with E-state index in [0.717, 1.165) is 0 Å². The quantitative estimate of drug-likeness (QED) is 0.0714. The predicted octanol–water partition coefficient (Wildman–Crippen LogP) is -9.82. The fourth-order valence-electron chi connectivity index (χ4n) is 0.693. The summed E-state index contributed by atoms with van der Waals surface area (Å²) in [5.74, 6) is 0. The molecule has 47 heavy (non-hydrogen) atoms. The van der Waals surface area contributed by atoms with E-state index in [4.69, 9.17) is 97.9 Å². The minimum Gasteiger partial charge on any atom is -1.00 e. The van der Waals surface area contributed by atoms with Gasteiger partial charge in [-0.2, -0.15) is 21.6 Å². The average Bonchev–Trinajstić information content (AvgIpc) is 2.36. The molecule has 284 valence electrons. The van der Waals surface area contributed by atoms with Crippen LogP contribution in [0.3, 0.4) is 0 Å². The van der Waals surface area contributed by atoms with Crippen LogP contribution in [0.2, 0.25) is 0 Å². The summed E-state index contributed by atoms with van der Waals surface area (Å²) in [7, 11) is -50.5. The number of hydrogen-bond donors (Lipinski definition) is 20. The maximum Gasteiger partial charge on any atom is 1.00 e. The Hall–Kier alpha value is 3.30. The first kappa shape index (κ1) is 65.2. The maximum absolute atomic E-state index is 9.63. The summed E-state index contributed by atoms with van der Waals surface area (Å²) in [6.45, 7) is 0. The van der Waals surface area contributed by atoms with Gasteiger partial charge in [0.05, 0.1) is 0 Å². The molecule has 0 aliphatic carbocycles. The van der Waals surface area contributed by atoms with Crippen LogP contribution in [-0.4, -0.2) is 97.9 Å². The van der Waals surface area contributed by atoms with E-state index in [1.807, 2.05) is 0 Å². The molecule has 0 radical (unpaired) electrons. The van der Waals surface area contributed by atoms with Crippen molar-refractivity contribution in [3.05, 3.63) is 0 Å². The molecule has 0 fully saturated rings. The smallest absolute Gasteiger partial charge is 1.00 e. The molecular formula is H22Na2O35P10. The van der Waals surface area contributed by atoms with E-state index in [9.17, 15) is 45.7 Å². The second-order valence-corrected chi connectivity index (χ2v) is 18.4. The van der Waals surface area contributed by atoms with Gasteiger partial charge in [0.15, 0.2) is 0 Å². The molecule has 0 rings (SSSR count). The van der Waals surface area contributed by atoms with Gasteiger partial charge in [-0.3, -0.25) is 0 Å². The third-order valence-electron chi connectivity index (χ3n) is 1.06. The van der Waals surface area contributed by atoms with Gasteiger partial charge in [-0.05, 0) is 0 Å². The van der Waals surface area contributed by atoms with Crippen molar-refractivity contribution in [1.29, 1.82) is 0 Å². The van der Waals surface area contributed by atoms with Crippen LogP contribution in [0.1, 0.15) is 2.85 Å². The minimum atomic E-state index is -5.05. The topological polar surface area (TPSA) is 621 Å². The fourth-order valence-corrected chi connectivity index (χ4v) is 6.24. The molecule has 47 heteroatoms. The van der Waals surface area contributed by atoms with Crippen molar-refractivity contribution < 1.29 is 227 Å². The molecule has 0 amide bonds. The Labute approximate surface area is 303 Å². The first-order chi connectivity index (χ1) is 18.5. The van der Waals surface area contributed by atoms with Crippen LogP contribution in [0.15, 0.2) is 0 Å². The van der Waals surface area contributed by atoms with Gasteiger partial charge in [0.25, 0.3) is 0 Å². The van der Waals surface area contributed by atoms with Gasteiger partial charge in [-0.1, -0.05) is 0 Å². The molecule has 0 heterocycles. The molecule has 0 aliphatic rings. The first-order valence-corrected chi connectivity index (χ1v) is 23.0. The fraction of sp³-hybridized carbons (Fsp3) is 0. The summed E-state index contributed by atoms with van der Waals surface area (Å²) in [6.07, 6.45) is 0. The van der Waals surface area contributed by atoms with Crippen molar-refractivity contribution >= 4 is 78.2 Å². The van der Waals surface area contributed by atoms with Gasteiger partial charge in [0.1, 0.15) is 0 Å². The Kier molecular flexibility index (Phi) is 34.2. The van der Waals surface area contributed by atoms with E-state index in [2.05, 4.69) is 21.6 Å². The standard InChI is InChI=1S/2Na.5H4O7P2.2H/c;;5*1-8(2,3)7-9(4,5)6;;/h;;5*(H2,1,2,3)(H2,4,5,6);;/q2*+1;;;;;;2*-1. The number of rotatable bonds is 10. The predicted molar refractivity (Wildman–Crippen MR) is 128 cm³/mol. The van der Waals surface area contributed by atoms with E-state index in [1.54, 1.807) is 0 Å². The third kappa shape index (κ3) is 99.5. The molecule has 0 bridgehead atoms. The van der Waals surface area contributed by atoms with Crippen LogP contribution in [0, 0.1) is 0 Å². The first-order valence-electron chi connectivity index (χ1n) is 7.65. The summed E-state index contributed by atoms with van der Waals surface area (Å²) >= 11 is 0. The molecule has 0 atom stereocenters. The maximum atomic E-state index is 9.63. The van der Waals surface area contributed by atoms with Crippen LogP contribution in [0.25, 0.3) is 0 Å². The third-order valence-corrected chi connectivity index (χ3v) is 9.57. The van der Waals surface area contributed by atoms with Crippen molar-refractivity contribution in [3.63, 3.8) is 0 Å². The van der Waals surface area contributed by atoms with Crippen LogP contribution in [-0.2, 0) is 67.2 Å². The Bertz CT molecular complexity index is 1000. The Balaban J connectivity index is -0.0000000571. The minimum absolute atomic E-state index is 0. The van der Waals surface area contributed by atoms with Crippen molar-refractivity contribution in [3.8, 4) is 0 Å². The molecule has 0 aromatic rings. The number of phosphoric acid groups is 10. The zero-order chi connectivity index (χ0) is 38.5. The van der Waals surface area contributed by atoms with Crippen molar-refractivity contribution in [1.82, 2.24) is 0 Å². The SMILES string of the molecule is O=P(O)(O)OP(=O)(O)O.O=P(O)(O)OP(=O)(O)O.O=P(O)(O)OP(=O)(O)O.O=P(O)(O)OP(=O)(O)O.O=P(O)(O)OP(=O)(O)O.[H-].[H-].[Na+].[Na+]. The van der Waals surface area contributed by atoms with E-state index < -0.39 is 78.2 Å². The molecule has 0 saturated carbocycles. The second-order valence-electron chi connectivity index (χ2n) is 5.31. The molecule has 0 aromatic heterocycles. The molecule has 0 saturated heterocycles. The van der Waals surface area contributed by atoms with Crippen LogP contribution < -0.4 is 59.1 Å². The van der Waals surface area contributed by atoms with Crippen LogP contribution in [0.5, 0.6) is 0 Å². The normalized spacial score (nSPS) is 13.2. The largest absolute Gasteiger partial charge is 1.00 e. The van der Waals surface area contributed by atoms with Gasteiger partial charge in [0.2, 0.25) is 0 Å². The Morgan fingerprint density at radius 1 is 0.213 bits per heavy atom. The molecular weight excluding hydrogens is 916 g/mol. The molecule has 0 unspecified atom stereocenters. The zero-order valence-electron chi connectivity index (χ0n) is 23.5. The van der Waals surface area contributed by atoms with Gasteiger partial charge < -0.3 is 101 Å². The van der Waals surface area contributed by atoms with Gasteiger partial charge in [-0.25, -0.2) is 45.7 Å². The van der Waals surface area contributed by atoms with Crippen molar-refractivity contribution in [2.24, 2.45) is 0 Å². The number of hydrogen-bond acceptors (Lipinski definition) is 15. The van der Waals surface area contributed by atoms with Gasteiger partial charge in [0, 0.05) is 0 Å². The Morgan fingerprint density at radius 2 is 0.255 bits per heavy atom. The average molecular weight is 938 g/mol. The molecule has 20 N–H and O–H groups in total.